The van der Waals surface area contributed by atoms with Gasteiger partial charge in [0.1, 0.15) is 0 Å². The fraction of sp³-hybridized carbons (Fsp3) is 0.500. The molecule has 19 heavy (non-hydrogen) atoms. The van der Waals surface area contributed by atoms with Crippen molar-refractivity contribution in [1.29, 1.82) is 0 Å². The molecule has 2 saturated carbocycles. The number of nitrogens with one attached hydrogen (secondary N) is 1. The Hall–Kier alpha value is -0.390. The molecule has 1 amide bonds. The molecule has 3 rings (SSSR count). The monoisotopic (exact) mass is 386 g/mol. The number of amides is 1. The highest BCUT2D eigenvalue weighted by atomic mass is 79.9. The number of hydrogen-bond donors (Lipinski definition) is 2. The molecule has 0 spiro atoms. The summed E-state index contributed by atoms with van der Waals surface area (Å²) in [4.78, 5) is 12.4. The van der Waals surface area contributed by atoms with Crippen LogP contribution in [0, 0.1) is 17.8 Å². The summed E-state index contributed by atoms with van der Waals surface area (Å²) in [5, 5.41) is 3.01. The molecule has 0 aromatic heterocycles. The standard InChI is InChI=1S/C14H16Br2N2O/c15-9-3-4-11(10(16)6-9)18-14(19)12-7-1-2-8(5-7)13(12)17/h3-4,6-8,12-13H,1-2,5,17H2,(H,18,19). The lowest BCUT2D eigenvalue weighted by molar-refractivity contribution is -0.121. The molecule has 2 fully saturated rings. The zero-order valence-electron chi connectivity index (χ0n) is 10.4. The van der Waals surface area contributed by atoms with Crippen LogP contribution < -0.4 is 11.1 Å². The average Bonchev–Trinajstić information content (AvgIpc) is 2.93. The summed E-state index contributed by atoms with van der Waals surface area (Å²) >= 11 is 6.87. The Morgan fingerprint density at radius 3 is 2.63 bits per heavy atom. The Bertz CT molecular complexity index is 518. The number of halogens is 2. The number of hydrogen-bond acceptors (Lipinski definition) is 2. The Morgan fingerprint density at radius 2 is 2.00 bits per heavy atom. The van der Waals surface area contributed by atoms with Gasteiger partial charge in [0, 0.05) is 15.0 Å². The van der Waals surface area contributed by atoms with Gasteiger partial charge in [-0.15, -0.1) is 0 Å². The maximum atomic E-state index is 12.4. The molecular formula is C14H16Br2N2O. The number of anilines is 1. The summed E-state index contributed by atoms with van der Waals surface area (Å²) in [5.74, 6) is 1.08. The van der Waals surface area contributed by atoms with E-state index in [1.54, 1.807) is 0 Å². The number of carbonyl (C=O) groups is 1. The van der Waals surface area contributed by atoms with E-state index in [-0.39, 0.29) is 17.9 Å². The van der Waals surface area contributed by atoms with Gasteiger partial charge in [0.2, 0.25) is 5.91 Å². The summed E-state index contributed by atoms with van der Waals surface area (Å²) in [7, 11) is 0. The van der Waals surface area contributed by atoms with Crippen molar-refractivity contribution in [3.63, 3.8) is 0 Å². The summed E-state index contributed by atoms with van der Waals surface area (Å²) in [6, 6.07) is 5.77. The van der Waals surface area contributed by atoms with E-state index in [0.717, 1.165) is 27.5 Å². The van der Waals surface area contributed by atoms with Crippen LogP contribution in [0.1, 0.15) is 19.3 Å². The first-order valence-corrected chi connectivity index (χ1v) is 8.16. The molecule has 0 aliphatic heterocycles. The molecule has 0 heterocycles. The molecule has 4 unspecified atom stereocenters. The van der Waals surface area contributed by atoms with Gasteiger partial charge in [-0.2, -0.15) is 0 Å². The Kier molecular flexibility index (Phi) is 3.71. The maximum Gasteiger partial charge on any atom is 0.229 e. The number of fused-ring (bicyclic) bond motifs is 2. The van der Waals surface area contributed by atoms with Gasteiger partial charge in [-0.25, -0.2) is 0 Å². The third kappa shape index (κ3) is 2.48. The van der Waals surface area contributed by atoms with Gasteiger partial charge < -0.3 is 11.1 Å². The van der Waals surface area contributed by atoms with Crippen LogP contribution in [-0.2, 0) is 4.79 Å². The summed E-state index contributed by atoms with van der Waals surface area (Å²) in [6.45, 7) is 0. The number of rotatable bonds is 2. The molecule has 2 bridgehead atoms. The van der Waals surface area contributed by atoms with Crippen molar-refractivity contribution >= 4 is 43.5 Å². The Morgan fingerprint density at radius 1 is 1.26 bits per heavy atom. The minimum absolute atomic E-state index is 0.0192. The van der Waals surface area contributed by atoms with Crippen LogP contribution in [0.4, 0.5) is 5.69 Å². The van der Waals surface area contributed by atoms with Crippen molar-refractivity contribution in [2.45, 2.75) is 25.3 Å². The van der Waals surface area contributed by atoms with Crippen LogP contribution in [-0.4, -0.2) is 11.9 Å². The van der Waals surface area contributed by atoms with E-state index in [9.17, 15) is 4.79 Å². The van der Waals surface area contributed by atoms with Crippen molar-refractivity contribution in [1.82, 2.24) is 0 Å². The zero-order valence-corrected chi connectivity index (χ0v) is 13.6. The van der Waals surface area contributed by atoms with Gasteiger partial charge >= 0.3 is 0 Å². The fourth-order valence-corrected chi connectivity index (χ4v) is 4.68. The van der Waals surface area contributed by atoms with Crippen molar-refractivity contribution < 1.29 is 4.79 Å². The molecule has 1 aromatic rings. The molecule has 1 aromatic carbocycles. The van der Waals surface area contributed by atoms with E-state index in [4.69, 9.17) is 5.73 Å². The van der Waals surface area contributed by atoms with Gasteiger partial charge in [0.15, 0.2) is 0 Å². The van der Waals surface area contributed by atoms with E-state index < -0.39 is 0 Å². The van der Waals surface area contributed by atoms with Crippen molar-refractivity contribution in [3.05, 3.63) is 27.1 Å². The number of carbonyl (C=O) groups excluding carboxylic acids is 1. The molecule has 0 saturated heterocycles. The zero-order chi connectivity index (χ0) is 13.6. The predicted octanol–water partition coefficient (Wildman–Crippen LogP) is 3.52. The lowest BCUT2D eigenvalue weighted by Crippen LogP contribution is -2.42. The SMILES string of the molecule is NC1C2CCC(C2)C1C(=O)Nc1ccc(Br)cc1Br. The molecule has 4 atom stereocenters. The van der Waals surface area contributed by atoms with Crippen LogP contribution in [0.15, 0.2) is 27.1 Å². The highest BCUT2D eigenvalue weighted by Crippen LogP contribution is 2.48. The quantitative estimate of drug-likeness (QED) is 0.815. The van der Waals surface area contributed by atoms with Crippen LogP contribution in [0.3, 0.4) is 0 Å². The lowest BCUT2D eigenvalue weighted by atomic mass is 9.84. The Labute approximate surface area is 129 Å². The molecule has 3 nitrogen and oxygen atoms in total. The third-order valence-electron chi connectivity index (χ3n) is 4.47. The van der Waals surface area contributed by atoms with E-state index in [1.165, 1.54) is 6.42 Å². The van der Waals surface area contributed by atoms with Gasteiger partial charge in [-0.05, 0) is 65.2 Å². The molecular weight excluding hydrogens is 372 g/mol. The van der Waals surface area contributed by atoms with Gasteiger partial charge in [0.05, 0.1) is 11.6 Å². The highest BCUT2D eigenvalue weighted by Gasteiger charge is 2.49. The highest BCUT2D eigenvalue weighted by molar-refractivity contribution is 9.11. The first-order valence-electron chi connectivity index (χ1n) is 6.58. The first-order chi connectivity index (χ1) is 9.06. The number of nitrogens with two attached hydrogens (primary N) is 1. The van der Waals surface area contributed by atoms with Crippen molar-refractivity contribution in [2.24, 2.45) is 23.5 Å². The maximum absolute atomic E-state index is 12.4. The van der Waals surface area contributed by atoms with Gasteiger partial charge in [0.25, 0.3) is 0 Å². The smallest absolute Gasteiger partial charge is 0.229 e. The second-order valence-electron chi connectivity index (χ2n) is 5.55. The normalized spacial score (nSPS) is 32.6. The molecule has 102 valence electrons. The van der Waals surface area contributed by atoms with E-state index in [1.807, 2.05) is 18.2 Å². The molecule has 2 aliphatic rings. The average molecular weight is 388 g/mol. The van der Waals surface area contributed by atoms with E-state index in [0.29, 0.717) is 11.8 Å². The van der Waals surface area contributed by atoms with Crippen LogP contribution in [0.5, 0.6) is 0 Å². The molecule has 0 radical (unpaired) electrons. The number of benzene rings is 1. The van der Waals surface area contributed by atoms with Gasteiger partial charge in [-0.3, -0.25) is 4.79 Å². The van der Waals surface area contributed by atoms with Crippen molar-refractivity contribution in [2.75, 3.05) is 5.32 Å². The van der Waals surface area contributed by atoms with Crippen LogP contribution in [0.2, 0.25) is 0 Å². The Balaban J connectivity index is 1.75. The third-order valence-corrected chi connectivity index (χ3v) is 5.62. The second kappa shape index (κ2) is 5.19. The molecule has 5 heteroatoms. The lowest BCUT2D eigenvalue weighted by Gasteiger charge is -2.27. The van der Waals surface area contributed by atoms with E-state index in [2.05, 4.69) is 37.2 Å². The first kappa shape index (κ1) is 13.6. The summed E-state index contributed by atoms with van der Waals surface area (Å²) < 4.78 is 1.86. The second-order valence-corrected chi connectivity index (χ2v) is 7.32. The van der Waals surface area contributed by atoms with Crippen LogP contribution in [0.25, 0.3) is 0 Å². The summed E-state index contributed by atoms with van der Waals surface area (Å²) in [6.07, 6.45) is 3.47. The van der Waals surface area contributed by atoms with Crippen LogP contribution >= 0.6 is 31.9 Å². The molecule has 2 aliphatic carbocycles. The largest absolute Gasteiger partial charge is 0.327 e. The summed E-state index contributed by atoms with van der Waals surface area (Å²) in [5.41, 5.74) is 7.01. The van der Waals surface area contributed by atoms with Crippen molar-refractivity contribution in [3.8, 4) is 0 Å². The van der Waals surface area contributed by atoms with E-state index >= 15 is 0 Å². The predicted molar refractivity (Wildman–Crippen MR) is 82.8 cm³/mol. The molecule has 3 N–H and O–H groups in total. The van der Waals surface area contributed by atoms with Gasteiger partial charge in [-0.1, -0.05) is 15.9 Å². The minimum Gasteiger partial charge on any atom is -0.327 e. The topological polar surface area (TPSA) is 55.1 Å². The fourth-order valence-electron chi connectivity index (χ4n) is 3.53. The minimum atomic E-state index is -0.0192.